The van der Waals surface area contributed by atoms with Crippen molar-refractivity contribution in [1.29, 1.82) is 0 Å². The number of nitrogens with zero attached hydrogens (tertiary/aromatic N) is 3. The zero-order valence-electron chi connectivity index (χ0n) is 14.5. The van der Waals surface area contributed by atoms with Crippen molar-refractivity contribution in [3.8, 4) is 0 Å². The number of hydrogen-bond acceptors (Lipinski definition) is 5. The Morgan fingerprint density at radius 1 is 1.27 bits per heavy atom. The quantitative estimate of drug-likeness (QED) is 0.796. The summed E-state index contributed by atoms with van der Waals surface area (Å²) in [4.78, 5) is 21.1. The van der Waals surface area contributed by atoms with Gasteiger partial charge in [0.2, 0.25) is 0 Å². The van der Waals surface area contributed by atoms with Crippen LogP contribution in [0.3, 0.4) is 0 Å². The highest BCUT2D eigenvalue weighted by Gasteiger charge is 2.24. The molecule has 1 aliphatic heterocycles. The summed E-state index contributed by atoms with van der Waals surface area (Å²) in [5, 5.41) is 3.50. The Kier molecular flexibility index (Phi) is 9.13. The lowest BCUT2D eigenvalue weighted by atomic mass is 10.1. The van der Waals surface area contributed by atoms with Gasteiger partial charge in [-0.2, -0.15) is 0 Å². The van der Waals surface area contributed by atoms with E-state index in [0.29, 0.717) is 25.3 Å². The molecule has 1 amide bonds. The Hall–Kier alpha value is -1.05. The van der Waals surface area contributed by atoms with Gasteiger partial charge < -0.3 is 15.5 Å². The summed E-state index contributed by atoms with van der Waals surface area (Å²) >= 11 is 7.62. The number of carbonyl (C=O) groups is 1. The molecule has 2 heterocycles. The molecule has 1 aromatic carbocycles. The highest BCUT2D eigenvalue weighted by molar-refractivity contribution is 7.09. The second kappa shape index (κ2) is 10.3. The van der Waals surface area contributed by atoms with E-state index in [2.05, 4.69) is 16.8 Å². The van der Waals surface area contributed by atoms with Crippen molar-refractivity contribution in [2.24, 2.45) is 5.73 Å². The normalized spacial score (nSPS) is 13.8. The van der Waals surface area contributed by atoms with Gasteiger partial charge in [-0.1, -0.05) is 17.7 Å². The molecule has 1 saturated heterocycles. The average molecular weight is 438 g/mol. The van der Waals surface area contributed by atoms with Crippen LogP contribution in [0.15, 0.2) is 23.6 Å². The van der Waals surface area contributed by atoms with Crippen molar-refractivity contribution in [2.75, 3.05) is 37.6 Å². The first-order valence-electron chi connectivity index (χ1n) is 8.03. The lowest BCUT2D eigenvalue weighted by Crippen LogP contribution is -2.49. The van der Waals surface area contributed by atoms with Crippen molar-refractivity contribution < 1.29 is 4.79 Å². The van der Waals surface area contributed by atoms with Crippen LogP contribution >= 0.6 is 47.8 Å². The zero-order chi connectivity index (χ0) is 17.1. The number of aromatic nitrogens is 1. The number of nitrogens with two attached hydrogens (primary N) is 1. The van der Waals surface area contributed by atoms with E-state index >= 15 is 0 Å². The van der Waals surface area contributed by atoms with E-state index in [1.165, 1.54) is 16.9 Å². The first-order chi connectivity index (χ1) is 11.6. The molecule has 5 nitrogen and oxygen atoms in total. The van der Waals surface area contributed by atoms with E-state index in [9.17, 15) is 4.79 Å². The van der Waals surface area contributed by atoms with Crippen LogP contribution in [0.5, 0.6) is 0 Å². The minimum absolute atomic E-state index is 0. The molecule has 0 radical (unpaired) electrons. The fourth-order valence-corrected chi connectivity index (χ4v) is 3.84. The number of halogens is 3. The summed E-state index contributed by atoms with van der Waals surface area (Å²) < 4.78 is 0. The van der Waals surface area contributed by atoms with Gasteiger partial charge in [-0.05, 0) is 31.2 Å². The lowest BCUT2D eigenvalue weighted by Gasteiger charge is -2.36. The second-order valence-electron chi connectivity index (χ2n) is 5.88. The van der Waals surface area contributed by atoms with Crippen LogP contribution in [0.1, 0.15) is 21.1 Å². The van der Waals surface area contributed by atoms with Crippen LogP contribution < -0.4 is 10.6 Å². The highest BCUT2D eigenvalue weighted by atomic mass is 35.5. The van der Waals surface area contributed by atoms with Crippen LogP contribution in [0.4, 0.5) is 5.69 Å². The third kappa shape index (κ3) is 5.24. The number of thiazole rings is 1. The maximum absolute atomic E-state index is 12.6. The highest BCUT2D eigenvalue weighted by Crippen LogP contribution is 2.25. The molecular formula is C17H23Cl3N4OS. The Bertz CT molecular complexity index is 733. The largest absolute Gasteiger partial charge is 0.368 e. The molecule has 9 heteroatoms. The monoisotopic (exact) mass is 436 g/mol. The molecule has 144 valence electrons. The van der Waals surface area contributed by atoms with E-state index in [0.717, 1.165) is 35.2 Å². The molecule has 0 saturated carbocycles. The average Bonchev–Trinajstić information content (AvgIpc) is 3.06. The summed E-state index contributed by atoms with van der Waals surface area (Å²) in [6.07, 6.45) is 0.722. The van der Waals surface area contributed by atoms with Gasteiger partial charge in [0.05, 0.1) is 5.01 Å². The van der Waals surface area contributed by atoms with E-state index in [1.807, 2.05) is 28.5 Å². The Labute approximate surface area is 175 Å². The number of rotatable bonds is 4. The molecule has 2 N–H and O–H groups in total. The van der Waals surface area contributed by atoms with Crippen molar-refractivity contribution in [2.45, 2.75) is 13.3 Å². The van der Waals surface area contributed by atoms with E-state index in [4.69, 9.17) is 17.3 Å². The van der Waals surface area contributed by atoms with Crippen LogP contribution in [0.25, 0.3) is 0 Å². The summed E-state index contributed by atoms with van der Waals surface area (Å²) in [6.45, 7) is 5.61. The number of amides is 1. The standard InChI is InChI=1S/C17H21ClN4OS.2ClH/c1-12-2-3-13(18)10-15(12)21-6-8-22(9-7-21)17(23)14-11-24-16(20-14)4-5-19;;/h2-3,10-11H,4-9,19H2,1H3;2*1H. The lowest BCUT2D eigenvalue weighted by molar-refractivity contribution is 0.0741. The fraction of sp³-hybridized carbons (Fsp3) is 0.412. The van der Waals surface area contributed by atoms with Gasteiger partial charge in [0.25, 0.3) is 5.91 Å². The number of benzene rings is 1. The summed E-state index contributed by atoms with van der Waals surface area (Å²) in [5.41, 5.74) is 8.42. The molecule has 0 bridgehead atoms. The SMILES string of the molecule is Cc1ccc(Cl)cc1N1CCN(C(=O)c2csc(CCN)n2)CC1.Cl.Cl. The second-order valence-corrected chi connectivity index (χ2v) is 7.25. The van der Waals surface area contributed by atoms with Gasteiger partial charge in [-0.3, -0.25) is 4.79 Å². The van der Waals surface area contributed by atoms with Crippen LogP contribution in [0.2, 0.25) is 5.02 Å². The number of aryl methyl sites for hydroxylation is 1. The minimum Gasteiger partial charge on any atom is -0.368 e. The van der Waals surface area contributed by atoms with Crippen molar-refractivity contribution in [3.05, 3.63) is 44.9 Å². The maximum Gasteiger partial charge on any atom is 0.273 e. The number of piperazine rings is 1. The van der Waals surface area contributed by atoms with E-state index < -0.39 is 0 Å². The van der Waals surface area contributed by atoms with E-state index in [1.54, 1.807) is 0 Å². The summed E-state index contributed by atoms with van der Waals surface area (Å²) in [6, 6.07) is 5.93. The van der Waals surface area contributed by atoms with Gasteiger partial charge in [-0.25, -0.2) is 4.98 Å². The minimum atomic E-state index is 0. The first-order valence-corrected chi connectivity index (χ1v) is 9.29. The third-order valence-electron chi connectivity index (χ3n) is 4.21. The Morgan fingerprint density at radius 2 is 1.96 bits per heavy atom. The number of carbonyl (C=O) groups excluding carboxylic acids is 1. The van der Waals surface area contributed by atoms with Gasteiger partial charge in [-0.15, -0.1) is 36.2 Å². The van der Waals surface area contributed by atoms with Gasteiger partial charge >= 0.3 is 0 Å². The molecule has 0 spiro atoms. The Morgan fingerprint density at radius 3 is 2.62 bits per heavy atom. The third-order valence-corrected chi connectivity index (χ3v) is 5.35. The van der Waals surface area contributed by atoms with Gasteiger partial charge in [0.1, 0.15) is 5.69 Å². The molecule has 3 rings (SSSR count). The van der Waals surface area contributed by atoms with Crippen LogP contribution in [0, 0.1) is 6.92 Å². The summed E-state index contributed by atoms with van der Waals surface area (Å²) in [5.74, 6) is 0.0111. The van der Waals surface area contributed by atoms with Crippen molar-refractivity contribution >= 4 is 59.3 Å². The predicted molar refractivity (Wildman–Crippen MR) is 114 cm³/mol. The molecule has 0 atom stereocenters. The summed E-state index contributed by atoms with van der Waals surface area (Å²) in [7, 11) is 0. The maximum atomic E-state index is 12.6. The molecule has 1 aromatic heterocycles. The zero-order valence-corrected chi connectivity index (χ0v) is 17.7. The van der Waals surface area contributed by atoms with Crippen molar-refractivity contribution in [3.63, 3.8) is 0 Å². The van der Waals surface area contributed by atoms with Crippen LogP contribution in [-0.2, 0) is 6.42 Å². The molecule has 1 fully saturated rings. The number of anilines is 1. The molecule has 0 unspecified atom stereocenters. The van der Waals surface area contributed by atoms with Crippen LogP contribution in [-0.4, -0.2) is 48.5 Å². The topological polar surface area (TPSA) is 62.5 Å². The van der Waals surface area contributed by atoms with E-state index in [-0.39, 0.29) is 30.7 Å². The molecule has 26 heavy (non-hydrogen) atoms. The Balaban J connectivity index is 0.00000169. The van der Waals surface area contributed by atoms with Gasteiger partial charge in [0.15, 0.2) is 0 Å². The number of hydrogen-bond donors (Lipinski definition) is 1. The molecular weight excluding hydrogens is 415 g/mol. The fourth-order valence-electron chi connectivity index (χ4n) is 2.88. The van der Waals surface area contributed by atoms with Crippen molar-refractivity contribution in [1.82, 2.24) is 9.88 Å². The van der Waals surface area contributed by atoms with Gasteiger partial charge in [0, 0.05) is 48.7 Å². The first kappa shape index (κ1) is 23.0. The molecule has 1 aliphatic rings. The molecule has 0 aliphatic carbocycles. The predicted octanol–water partition coefficient (Wildman–Crippen LogP) is 3.41. The smallest absolute Gasteiger partial charge is 0.273 e. The molecule has 2 aromatic rings.